The molecule has 0 radical (unpaired) electrons. The largest absolute Gasteiger partial charge is 0.326 e. The first-order valence-electron chi connectivity index (χ1n) is 6.91. The molecule has 0 saturated heterocycles. The molecule has 2 heteroatoms. The van der Waals surface area contributed by atoms with E-state index in [0.29, 0.717) is 0 Å². The molecule has 0 heterocycles. The van der Waals surface area contributed by atoms with Crippen molar-refractivity contribution in [2.24, 2.45) is 11.7 Å². The van der Waals surface area contributed by atoms with Gasteiger partial charge >= 0.3 is 0 Å². The molecular formula is C14H30N2. The number of nitrogens with two attached hydrogens (primary N) is 1. The van der Waals surface area contributed by atoms with Crippen molar-refractivity contribution in [3.8, 4) is 0 Å². The third-order valence-corrected chi connectivity index (χ3v) is 4.13. The van der Waals surface area contributed by atoms with E-state index in [0.717, 1.165) is 24.9 Å². The van der Waals surface area contributed by atoms with Crippen LogP contribution in [0.4, 0.5) is 0 Å². The molecule has 2 N–H and O–H groups in total. The highest BCUT2D eigenvalue weighted by molar-refractivity contribution is 4.80. The predicted octanol–water partition coefficient (Wildman–Crippen LogP) is 3.01. The lowest BCUT2D eigenvalue weighted by atomic mass is 9.84. The Balaban J connectivity index is 2.25. The van der Waals surface area contributed by atoms with Crippen LogP contribution < -0.4 is 5.73 Å². The van der Waals surface area contributed by atoms with Gasteiger partial charge in [-0.05, 0) is 65.5 Å². The quantitative estimate of drug-likeness (QED) is 0.781. The van der Waals surface area contributed by atoms with Gasteiger partial charge in [-0.1, -0.05) is 13.3 Å². The molecule has 1 aliphatic rings. The number of hydrogen-bond acceptors (Lipinski definition) is 2. The van der Waals surface area contributed by atoms with E-state index in [-0.39, 0.29) is 5.54 Å². The van der Waals surface area contributed by atoms with Crippen LogP contribution in [0.3, 0.4) is 0 Å². The maximum Gasteiger partial charge on any atom is 0.0109 e. The molecule has 1 aliphatic carbocycles. The minimum atomic E-state index is -0.0190. The van der Waals surface area contributed by atoms with Crippen molar-refractivity contribution >= 4 is 0 Å². The zero-order chi connectivity index (χ0) is 12.2. The van der Waals surface area contributed by atoms with Crippen LogP contribution in [0.5, 0.6) is 0 Å². The average molecular weight is 226 g/mol. The van der Waals surface area contributed by atoms with Gasteiger partial charge in [0.25, 0.3) is 0 Å². The summed E-state index contributed by atoms with van der Waals surface area (Å²) in [5.41, 5.74) is 6.01. The first-order chi connectivity index (χ1) is 7.42. The van der Waals surface area contributed by atoms with Gasteiger partial charge in [0.15, 0.2) is 0 Å². The van der Waals surface area contributed by atoms with Gasteiger partial charge in [-0.3, -0.25) is 0 Å². The smallest absolute Gasteiger partial charge is 0.0109 e. The van der Waals surface area contributed by atoms with E-state index < -0.39 is 0 Å². The normalized spacial score (nSPS) is 27.4. The van der Waals surface area contributed by atoms with Crippen molar-refractivity contribution in [3.05, 3.63) is 0 Å². The minimum Gasteiger partial charge on any atom is -0.326 e. The second-order valence-corrected chi connectivity index (χ2v) is 6.30. The highest BCUT2D eigenvalue weighted by Crippen LogP contribution is 2.29. The summed E-state index contributed by atoms with van der Waals surface area (Å²) in [5.74, 6) is 0.996. The molecule has 0 unspecified atom stereocenters. The van der Waals surface area contributed by atoms with Gasteiger partial charge in [-0.15, -0.1) is 0 Å². The van der Waals surface area contributed by atoms with Crippen LogP contribution in [0.2, 0.25) is 0 Å². The van der Waals surface area contributed by atoms with Crippen molar-refractivity contribution in [3.63, 3.8) is 0 Å². The zero-order valence-electron chi connectivity index (χ0n) is 11.6. The summed E-state index contributed by atoms with van der Waals surface area (Å²) < 4.78 is 0. The van der Waals surface area contributed by atoms with Gasteiger partial charge in [0.05, 0.1) is 0 Å². The summed E-state index contributed by atoms with van der Waals surface area (Å²) in [7, 11) is 2.27. The summed E-state index contributed by atoms with van der Waals surface area (Å²) in [6.45, 7) is 7.71. The summed E-state index contributed by atoms with van der Waals surface area (Å²) in [4.78, 5) is 2.53. The standard InChI is InChI=1S/C14H30N2/c1-5-12-6-8-13(9-7-12)16(4)11-10-14(2,3)15/h12-13H,5-11,15H2,1-4H3. The third kappa shape index (κ3) is 4.84. The van der Waals surface area contributed by atoms with Gasteiger partial charge in [0.2, 0.25) is 0 Å². The number of hydrogen-bond donors (Lipinski definition) is 1. The molecule has 0 aromatic heterocycles. The van der Waals surface area contributed by atoms with Gasteiger partial charge in [-0.2, -0.15) is 0 Å². The topological polar surface area (TPSA) is 29.3 Å². The van der Waals surface area contributed by atoms with E-state index in [1.54, 1.807) is 0 Å². The Kier molecular flexibility index (Phi) is 5.26. The minimum absolute atomic E-state index is 0.0190. The second kappa shape index (κ2) is 6.02. The highest BCUT2D eigenvalue weighted by atomic mass is 15.1. The maximum atomic E-state index is 6.03. The third-order valence-electron chi connectivity index (χ3n) is 4.13. The van der Waals surface area contributed by atoms with Crippen molar-refractivity contribution < 1.29 is 0 Å². The molecule has 0 atom stereocenters. The molecule has 96 valence electrons. The van der Waals surface area contributed by atoms with Gasteiger partial charge in [0, 0.05) is 11.6 Å². The first kappa shape index (κ1) is 14.0. The van der Waals surface area contributed by atoms with E-state index in [9.17, 15) is 0 Å². The van der Waals surface area contributed by atoms with E-state index in [1.165, 1.54) is 32.1 Å². The molecule has 0 aromatic rings. The second-order valence-electron chi connectivity index (χ2n) is 6.30. The van der Waals surface area contributed by atoms with Crippen LogP contribution in [0.1, 0.15) is 59.3 Å². The fourth-order valence-electron chi connectivity index (χ4n) is 2.64. The zero-order valence-corrected chi connectivity index (χ0v) is 11.6. The lowest BCUT2D eigenvalue weighted by Crippen LogP contribution is -2.41. The summed E-state index contributed by atoms with van der Waals surface area (Å²) in [6.07, 6.45) is 8.10. The Bertz CT molecular complexity index is 187. The van der Waals surface area contributed by atoms with Crippen LogP contribution in [0.15, 0.2) is 0 Å². The van der Waals surface area contributed by atoms with Gasteiger partial charge < -0.3 is 10.6 Å². The Morgan fingerprint density at radius 2 is 1.75 bits per heavy atom. The van der Waals surface area contributed by atoms with Crippen LogP contribution in [-0.4, -0.2) is 30.1 Å². The Morgan fingerprint density at radius 3 is 2.19 bits per heavy atom. The molecule has 1 rings (SSSR count). The fraction of sp³-hybridized carbons (Fsp3) is 1.00. The molecule has 2 nitrogen and oxygen atoms in total. The summed E-state index contributed by atoms with van der Waals surface area (Å²) in [5, 5.41) is 0. The monoisotopic (exact) mass is 226 g/mol. The molecule has 0 aromatic carbocycles. The SMILES string of the molecule is CCC1CCC(N(C)CCC(C)(C)N)CC1. The van der Waals surface area contributed by atoms with E-state index in [4.69, 9.17) is 5.73 Å². The van der Waals surface area contributed by atoms with Crippen molar-refractivity contribution in [1.82, 2.24) is 4.90 Å². The molecule has 0 aliphatic heterocycles. The van der Waals surface area contributed by atoms with Crippen LogP contribution in [0, 0.1) is 5.92 Å². The Morgan fingerprint density at radius 1 is 1.19 bits per heavy atom. The molecule has 1 fully saturated rings. The van der Waals surface area contributed by atoms with Crippen LogP contribution in [-0.2, 0) is 0 Å². The molecule has 1 saturated carbocycles. The lowest BCUT2D eigenvalue weighted by Gasteiger charge is -2.35. The average Bonchev–Trinajstić information content (AvgIpc) is 2.25. The Hall–Kier alpha value is -0.0800. The molecular weight excluding hydrogens is 196 g/mol. The lowest BCUT2D eigenvalue weighted by molar-refractivity contribution is 0.155. The van der Waals surface area contributed by atoms with Crippen molar-refractivity contribution in [2.45, 2.75) is 70.9 Å². The van der Waals surface area contributed by atoms with E-state index in [2.05, 4.69) is 32.7 Å². The van der Waals surface area contributed by atoms with Crippen molar-refractivity contribution in [2.75, 3.05) is 13.6 Å². The van der Waals surface area contributed by atoms with E-state index >= 15 is 0 Å². The highest BCUT2D eigenvalue weighted by Gasteiger charge is 2.23. The molecule has 0 amide bonds. The molecule has 0 spiro atoms. The molecule has 16 heavy (non-hydrogen) atoms. The Labute approximate surface area is 102 Å². The maximum absolute atomic E-state index is 6.03. The molecule has 0 bridgehead atoms. The van der Waals surface area contributed by atoms with E-state index in [1.807, 2.05) is 0 Å². The van der Waals surface area contributed by atoms with Crippen LogP contribution in [0.25, 0.3) is 0 Å². The summed E-state index contributed by atoms with van der Waals surface area (Å²) >= 11 is 0. The number of rotatable bonds is 5. The first-order valence-corrected chi connectivity index (χ1v) is 6.91. The van der Waals surface area contributed by atoms with Gasteiger partial charge in [-0.25, -0.2) is 0 Å². The van der Waals surface area contributed by atoms with Gasteiger partial charge in [0.1, 0.15) is 0 Å². The fourth-order valence-corrected chi connectivity index (χ4v) is 2.64. The summed E-state index contributed by atoms with van der Waals surface area (Å²) in [6, 6.07) is 0.810. The predicted molar refractivity (Wildman–Crippen MR) is 71.6 cm³/mol. The number of nitrogens with zero attached hydrogens (tertiary/aromatic N) is 1. The van der Waals surface area contributed by atoms with Crippen LogP contribution >= 0.6 is 0 Å². The van der Waals surface area contributed by atoms with Crippen molar-refractivity contribution in [1.29, 1.82) is 0 Å².